The summed E-state index contributed by atoms with van der Waals surface area (Å²) >= 11 is 1.52. The molecule has 1 N–H and O–H groups in total. The average molecular weight is 268 g/mol. The van der Waals surface area contributed by atoms with Gasteiger partial charge >= 0.3 is 0 Å². The zero-order chi connectivity index (χ0) is 13.2. The van der Waals surface area contributed by atoms with Gasteiger partial charge in [0.1, 0.15) is 16.4 Å². The molecule has 1 aromatic rings. The summed E-state index contributed by atoms with van der Waals surface area (Å²) in [5, 5.41) is 21.3. The van der Waals surface area contributed by atoms with Crippen molar-refractivity contribution in [1.29, 1.82) is 0 Å². The molecule has 0 spiro atoms. The third-order valence-corrected chi connectivity index (χ3v) is 3.48. The second-order valence-electron chi connectivity index (χ2n) is 4.75. The molecule has 2 rings (SSSR count). The zero-order valence-electron chi connectivity index (χ0n) is 10.6. The molecule has 0 atom stereocenters. The van der Waals surface area contributed by atoms with Crippen LogP contribution in [0.2, 0.25) is 0 Å². The fraction of sp³-hybridized carbons (Fsp3) is 0.545. The van der Waals surface area contributed by atoms with E-state index in [0.29, 0.717) is 11.5 Å². The van der Waals surface area contributed by atoms with Gasteiger partial charge in [-0.15, -0.1) is 11.8 Å². The predicted molar refractivity (Wildman–Crippen MR) is 71.2 cm³/mol. The van der Waals surface area contributed by atoms with Crippen LogP contribution in [0, 0.1) is 0 Å². The lowest BCUT2D eigenvalue weighted by molar-refractivity contribution is 0.0123. The van der Waals surface area contributed by atoms with Crippen LogP contribution >= 0.6 is 11.8 Å². The number of aromatic nitrogens is 2. The van der Waals surface area contributed by atoms with Crippen LogP contribution < -0.4 is 0 Å². The number of thioether (sulfide) groups is 1. The first-order valence-corrected chi connectivity index (χ1v) is 6.56. The van der Waals surface area contributed by atoms with E-state index in [9.17, 15) is 0 Å². The maximum absolute atomic E-state index is 9.03. The van der Waals surface area contributed by atoms with Crippen LogP contribution in [0.25, 0.3) is 0 Å². The normalized spacial score (nSPS) is 18.6. The second kappa shape index (κ2) is 5.01. The van der Waals surface area contributed by atoms with Crippen LogP contribution in [0.1, 0.15) is 25.8 Å². The first-order chi connectivity index (χ1) is 8.50. The van der Waals surface area contributed by atoms with Crippen molar-refractivity contribution in [3.8, 4) is 0 Å². The molecular formula is C11H16N4O2S. The Kier molecular flexibility index (Phi) is 3.60. The summed E-state index contributed by atoms with van der Waals surface area (Å²) in [6.45, 7) is 3.98. The summed E-state index contributed by atoms with van der Waals surface area (Å²) in [5.74, 6) is 0.542. The first kappa shape index (κ1) is 12.9. The quantitative estimate of drug-likeness (QED) is 0.516. The van der Waals surface area contributed by atoms with Gasteiger partial charge in [-0.25, -0.2) is 0 Å². The molecule has 18 heavy (non-hydrogen) atoms. The van der Waals surface area contributed by atoms with Crippen molar-refractivity contribution in [2.45, 2.75) is 25.9 Å². The van der Waals surface area contributed by atoms with Gasteiger partial charge in [-0.05, 0) is 13.8 Å². The Hall–Kier alpha value is -1.50. The molecule has 1 aliphatic rings. The molecule has 2 heterocycles. The molecule has 0 aromatic carbocycles. The minimum Gasteiger partial charge on any atom is -0.411 e. The van der Waals surface area contributed by atoms with Gasteiger partial charge in [0, 0.05) is 31.0 Å². The van der Waals surface area contributed by atoms with Gasteiger partial charge in [0.2, 0.25) is 0 Å². The number of hydrogen-bond acceptors (Lipinski definition) is 6. The molecule has 1 aliphatic heterocycles. The maximum atomic E-state index is 9.03. The summed E-state index contributed by atoms with van der Waals surface area (Å²) in [6, 6.07) is 0. The molecule has 7 heteroatoms. The van der Waals surface area contributed by atoms with E-state index in [2.05, 4.69) is 15.4 Å². The highest BCUT2D eigenvalue weighted by molar-refractivity contribution is 8.14. The van der Waals surface area contributed by atoms with Gasteiger partial charge in [-0.3, -0.25) is 4.68 Å². The number of nitrogens with zero attached hydrogens (tertiary/aromatic N) is 4. The molecular weight excluding hydrogens is 252 g/mol. The molecule has 0 amide bonds. The molecule has 0 unspecified atom stereocenters. The number of oxime groups is 2. The van der Waals surface area contributed by atoms with Crippen LogP contribution in [0.15, 0.2) is 22.7 Å². The molecule has 0 radical (unpaired) electrons. The van der Waals surface area contributed by atoms with E-state index in [1.165, 1.54) is 11.8 Å². The van der Waals surface area contributed by atoms with E-state index in [-0.39, 0.29) is 5.60 Å². The van der Waals surface area contributed by atoms with Gasteiger partial charge in [-0.2, -0.15) is 5.10 Å². The number of aryl methyl sites for hydroxylation is 1. The first-order valence-electron chi connectivity index (χ1n) is 5.58. The Morgan fingerprint density at radius 2 is 2.44 bits per heavy atom. The highest BCUT2D eigenvalue weighted by atomic mass is 32.2. The monoisotopic (exact) mass is 268 g/mol. The van der Waals surface area contributed by atoms with E-state index >= 15 is 0 Å². The van der Waals surface area contributed by atoms with Crippen LogP contribution in [-0.4, -0.2) is 37.1 Å². The molecule has 0 fully saturated rings. The van der Waals surface area contributed by atoms with Gasteiger partial charge in [0.05, 0.1) is 6.20 Å². The lowest BCUT2D eigenvalue weighted by Gasteiger charge is -2.13. The fourth-order valence-corrected chi connectivity index (χ4v) is 2.64. The van der Waals surface area contributed by atoms with Crippen molar-refractivity contribution in [2.75, 3.05) is 5.75 Å². The predicted octanol–water partition coefficient (Wildman–Crippen LogP) is 1.84. The molecule has 0 aliphatic carbocycles. The minimum atomic E-state index is -0.229. The lowest BCUT2D eigenvalue weighted by atomic mass is 10.1. The number of hydrogen-bond donors (Lipinski definition) is 1. The Morgan fingerprint density at radius 3 is 2.94 bits per heavy atom. The topological polar surface area (TPSA) is 72.0 Å². The zero-order valence-corrected chi connectivity index (χ0v) is 11.4. The third-order valence-electron chi connectivity index (χ3n) is 2.51. The minimum absolute atomic E-state index is 0.229. The van der Waals surface area contributed by atoms with E-state index < -0.39 is 0 Å². The van der Waals surface area contributed by atoms with Crippen molar-refractivity contribution in [3.63, 3.8) is 0 Å². The molecule has 1 aromatic heterocycles. The van der Waals surface area contributed by atoms with Crippen LogP contribution in [0.5, 0.6) is 0 Å². The Labute approximate surface area is 110 Å². The van der Waals surface area contributed by atoms with Crippen molar-refractivity contribution in [1.82, 2.24) is 9.78 Å². The number of rotatable bonds is 3. The molecule has 0 bridgehead atoms. The van der Waals surface area contributed by atoms with Gasteiger partial charge in [0.15, 0.2) is 0 Å². The van der Waals surface area contributed by atoms with E-state index in [4.69, 9.17) is 10.0 Å². The summed E-state index contributed by atoms with van der Waals surface area (Å²) in [6.07, 6.45) is 4.27. The summed E-state index contributed by atoms with van der Waals surface area (Å²) in [5.41, 5.74) is 1.17. The van der Waals surface area contributed by atoms with Crippen molar-refractivity contribution < 1.29 is 10.0 Å². The molecule has 0 saturated carbocycles. The van der Waals surface area contributed by atoms with Crippen LogP contribution in [0.4, 0.5) is 0 Å². The average Bonchev–Trinajstić information content (AvgIpc) is 2.86. The lowest BCUT2D eigenvalue weighted by Crippen LogP contribution is -2.18. The van der Waals surface area contributed by atoms with E-state index in [1.807, 2.05) is 27.1 Å². The largest absolute Gasteiger partial charge is 0.411 e. The Balaban J connectivity index is 1.94. The van der Waals surface area contributed by atoms with E-state index in [1.54, 1.807) is 10.9 Å². The SMILES string of the molecule is Cn1cc(C(CSC2=NOC(C)(C)C2)=NO)cn1. The maximum Gasteiger partial charge on any atom is 0.138 e. The van der Waals surface area contributed by atoms with Crippen molar-refractivity contribution in [3.05, 3.63) is 18.0 Å². The van der Waals surface area contributed by atoms with Gasteiger partial charge < -0.3 is 10.0 Å². The Morgan fingerprint density at radius 1 is 1.67 bits per heavy atom. The van der Waals surface area contributed by atoms with Crippen molar-refractivity contribution in [2.24, 2.45) is 17.4 Å². The standard InChI is InChI=1S/C11H16N4O2S/c1-11(2)4-10(14-17-11)18-7-9(13-16)8-5-12-15(3)6-8/h5-6,16H,4,7H2,1-3H3. The van der Waals surface area contributed by atoms with Crippen LogP contribution in [0.3, 0.4) is 0 Å². The molecule has 98 valence electrons. The van der Waals surface area contributed by atoms with Gasteiger partial charge in [0.25, 0.3) is 0 Å². The smallest absolute Gasteiger partial charge is 0.138 e. The highest BCUT2D eigenvalue weighted by Gasteiger charge is 2.29. The second-order valence-corrected chi connectivity index (χ2v) is 5.80. The summed E-state index contributed by atoms with van der Waals surface area (Å²) in [4.78, 5) is 5.28. The third kappa shape index (κ3) is 3.04. The summed E-state index contributed by atoms with van der Waals surface area (Å²) in [7, 11) is 1.82. The molecule has 6 nitrogen and oxygen atoms in total. The highest BCUT2D eigenvalue weighted by Crippen LogP contribution is 2.27. The Bertz CT molecular complexity index is 493. The van der Waals surface area contributed by atoms with Gasteiger partial charge in [-0.1, -0.05) is 10.3 Å². The fourth-order valence-electron chi connectivity index (χ4n) is 1.57. The molecule has 0 saturated heterocycles. The van der Waals surface area contributed by atoms with E-state index in [0.717, 1.165) is 17.0 Å². The summed E-state index contributed by atoms with van der Waals surface area (Å²) < 4.78 is 1.67. The van der Waals surface area contributed by atoms with Crippen LogP contribution in [-0.2, 0) is 11.9 Å². The van der Waals surface area contributed by atoms with Crippen molar-refractivity contribution >= 4 is 22.5 Å².